The number of tetrazole rings is 1. The average Bonchev–Trinajstić information content (AvgIpc) is 3.05. The van der Waals surface area contributed by atoms with E-state index >= 15 is 0 Å². The van der Waals surface area contributed by atoms with Gasteiger partial charge in [-0.05, 0) is 29.5 Å². The van der Waals surface area contributed by atoms with Crippen molar-refractivity contribution in [2.24, 2.45) is 11.5 Å². The number of nitrogens with two attached hydrogens (primary N) is 2. The molecule has 8 nitrogen and oxygen atoms in total. The fourth-order valence-corrected chi connectivity index (χ4v) is 2.01. The predicted octanol–water partition coefficient (Wildman–Crippen LogP) is 0.897. The van der Waals surface area contributed by atoms with Crippen molar-refractivity contribution in [1.82, 2.24) is 20.2 Å². The van der Waals surface area contributed by atoms with E-state index in [0.29, 0.717) is 22.6 Å². The highest BCUT2D eigenvalue weighted by Gasteiger charge is 2.08. The van der Waals surface area contributed by atoms with Crippen molar-refractivity contribution in [3.05, 3.63) is 59.7 Å². The Morgan fingerprint density at radius 3 is 1.87 bits per heavy atom. The van der Waals surface area contributed by atoms with E-state index in [-0.39, 0.29) is 11.7 Å². The molecule has 0 amide bonds. The fraction of sp³-hybridized carbons (Fsp3) is 0. The van der Waals surface area contributed by atoms with Crippen LogP contribution in [-0.2, 0) is 0 Å². The third-order valence-electron chi connectivity index (χ3n) is 3.28. The van der Waals surface area contributed by atoms with Gasteiger partial charge in [-0.25, -0.2) is 0 Å². The maximum Gasteiger partial charge on any atom is 0.205 e. The summed E-state index contributed by atoms with van der Waals surface area (Å²) >= 11 is 0. The van der Waals surface area contributed by atoms with Crippen LogP contribution in [-0.4, -0.2) is 31.9 Å². The number of amidine groups is 2. The van der Waals surface area contributed by atoms with Crippen molar-refractivity contribution in [2.75, 3.05) is 0 Å². The molecule has 1 heterocycles. The first-order valence-electron chi connectivity index (χ1n) is 6.74. The zero-order valence-corrected chi connectivity index (χ0v) is 12.1. The van der Waals surface area contributed by atoms with Gasteiger partial charge in [-0.3, -0.25) is 10.8 Å². The zero-order chi connectivity index (χ0) is 16.4. The summed E-state index contributed by atoms with van der Waals surface area (Å²) in [5, 5.41) is 27.1. The van der Waals surface area contributed by atoms with Crippen LogP contribution in [0, 0.1) is 10.8 Å². The van der Waals surface area contributed by atoms with E-state index in [1.807, 2.05) is 0 Å². The molecule has 3 aromatic rings. The lowest BCUT2D eigenvalue weighted by molar-refractivity contribution is 0.720. The minimum atomic E-state index is 0.00866. The fourth-order valence-electron chi connectivity index (χ4n) is 2.01. The molecule has 1 aromatic heterocycles. The van der Waals surface area contributed by atoms with Crippen molar-refractivity contribution >= 4 is 11.7 Å². The van der Waals surface area contributed by atoms with Gasteiger partial charge in [0, 0.05) is 16.7 Å². The standard InChI is InChI=1S/C15H14N8/c16-13(17)9-1-3-11(4-2-9)15-20-22-23(21-15)12-7-5-10(6-8-12)14(18)19/h1-8H,(H3,16,17)(H3,18,19). The number of hydrogen-bond donors (Lipinski definition) is 4. The molecule has 0 aliphatic heterocycles. The van der Waals surface area contributed by atoms with Crippen LogP contribution in [0.3, 0.4) is 0 Å². The highest BCUT2D eigenvalue weighted by molar-refractivity contribution is 5.95. The van der Waals surface area contributed by atoms with Crippen LogP contribution >= 0.6 is 0 Å². The van der Waals surface area contributed by atoms with Crippen LogP contribution in [0.2, 0.25) is 0 Å². The molecule has 114 valence electrons. The van der Waals surface area contributed by atoms with Gasteiger partial charge >= 0.3 is 0 Å². The van der Waals surface area contributed by atoms with Gasteiger partial charge in [0.25, 0.3) is 0 Å². The molecule has 0 spiro atoms. The number of rotatable bonds is 4. The van der Waals surface area contributed by atoms with E-state index in [0.717, 1.165) is 5.56 Å². The van der Waals surface area contributed by atoms with Gasteiger partial charge in [0.1, 0.15) is 11.7 Å². The molecule has 6 N–H and O–H groups in total. The number of nitrogens with one attached hydrogen (secondary N) is 2. The van der Waals surface area contributed by atoms with Crippen LogP contribution in [0.1, 0.15) is 11.1 Å². The third-order valence-corrected chi connectivity index (χ3v) is 3.28. The molecular formula is C15H14N8. The van der Waals surface area contributed by atoms with Crippen LogP contribution in [0.5, 0.6) is 0 Å². The Morgan fingerprint density at radius 2 is 1.35 bits per heavy atom. The van der Waals surface area contributed by atoms with Crippen LogP contribution in [0.15, 0.2) is 48.5 Å². The normalized spacial score (nSPS) is 10.4. The Hall–Kier alpha value is -3.55. The van der Waals surface area contributed by atoms with Gasteiger partial charge in [0.2, 0.25) is 5.82 Å². The number of hydrogen-bond acceptors (Lipinski definition) is 5. The van der Waals surface area contributed by atoms with Gasteiger partial charge in [-0.1, -0.05) is 24.3 Å². The molecule has 0 atom stereocenters. The summed E-state index contributed by atoms with van der Waals surface area (Å²) in [6.07, 6.45) is 0. The molecule has 0 fully saturated rings. The van der Waals surface area contributed by atoms with Crippen molar-refractivity contribution in [1.29, 1.82) is 10.8 Å². The summed E-state index contributed by atoms with van der Waals surface area (Å²) in [7, 11) is 0. The molecule has 0 bridgehead atoms. The maximum absolute atomic E-state index is 7.38. The lowest BCUT2D eigenvalue weighted by Crippen LogP contribution is -2.11. The predicted molar refractivity (Wildman–Crippen MR) is 86.6 cm³/mol. The highest BCUT2D eigenvalue weighted by Crippen LogP contribution is 2.16. The highest BCUT2D eigenvalue weighted by atomic mass is 15.6. The topological polar surface area (TPSA) is 143 Å². The smallest absolute Gasteiger partial charge is 0.205 e. The largest absolute Gasteiger partial charge is 0.384 e. The van der Waals surface area contributed by atoms with Gasteiger partial charge < -0.3 is 11.5 Å². The minimum Gasteiger partial charge on any atom is -0.384 e. The number of benzene rings is 2. The van der Waals surface area contributed by atoms with Crippen molar-refractivity contribution < 1.29 is 0 Å². The van der Waals surface area contributed by atoms with E-state index in [9.17, 15) is 0 Å². The average molecular weight is 306 g/mol. The van der Waals surface area contributed by atoms with E-state index < -0.39 is 0 Å². The molecule has 0 saturated carbocycles. The Morgan fingerprint density at radius 1 is 0.826 bits per heavy atom. The van der Waals surface area contributed by atoms with Crippen molar-refractivity contribution in [2.45, 2.75) is 0 Å². The number of nitrogen functional groups attached to an aromatic ring is 2. The first-order valence-corrected chi connectivity index (χ1v) is 6.74. The second kappa shape index (κ2) is 5.68. The summed E-state index contributed by atoms with van der Waals surface area (Å²) in [5.41, 5.74) is 13.6. The summed E-state index contributed by atoms with van der Waals surface area (Å²) in [6.45, 7) is 0. The van der Waals surface area contributed by atoms with Crippen LogP contribution in [0.25, 0.3) is 17.1 Å². The summed E-state index contributed by atoms with van der Waals surface area (Å²) < 4.78 is 0. The van der Waals surface area contributed by atoms with E-state index in [1.165, 1.54) is 4.80 Å². The SMILES string of the molecule is N=C(N)c1ccc(-c2nnn(-c3ccc(C(=N)N)cc3)n2)cc1. The van der Waals surface area contributed by atoms with E-state index in [1.54, 1.807) is 48.5 Å². The maximum atomic E-state index is 7.38. The molecule has 2 aromatic carbocycles. The van der Waals surface area contributed by atoms with E-state index in [2.05, 4.69) is 15.4 Å². The lowest BCUT2D eigenvalue weighted by Gasteiger charge is -2.01. The van der Waals surface area contributed by atoms with Crippen molar-refractivity contribution in [3.8, 4) is 17.1 Å². The Balaban J connectivity index is 1.87. The van der Waals surface area contributed by atoms with Gasteiger partial charge in [0.15, 0.2) is 0 Å². The number of nitrogens with zero attached hydrogens (tertiary/aromatic N) is 4. The van der Waals surface area contributed by atoms with Crippen LogP contribution in [0.4, 0.5) is 0 Å². The quantitative estimate of drug-likeness (QED) is 0.418. The Kier molecular flexibility index (Phi) is 3.55. The first kappa shape index (κ1) is 14.4. The monoisotopic (exact) mass is 306 g/mol. The molecule has 8 heteroatoms. The molecule has 23 heavy (non-hydrogen) atoms. The van der Waals surface area contributed by atoms with Gasteiger partial charge in [-0.2, -0.15) is 0 Å². The van der Waals surface area contributed by atoms with Crippen LogP contribution < -0.4 is 11.5 Å². The second-order valence-corrected chi connectivity index (χ2v) is 4.85. The molecule has 0 unspecified atom stereocenters. The minimum absolute atomic E-state index is 0.00866. The molecule has 0 aliphatic rings. The molecule has 3 rings (SSSR count). The Bertz CT molecular complexity index is 789. The summed E-state index contributed by atoms with van der Waals surface area (Å²) in [4.78, 5) is 1.40. The van der Waals surface area contributed by atoms with E-state index in [4.69, 9.17) is 22.3 Å². The summed E-state index contributed by atoms with van der Waals surface area (Å²) in [6, 6.07) is 14.0. The lowest BCUT2D eigenvalue weighted by atomic mass is 10.1. The van der Waals surface area contributed by atoms with Crippen molar-refractivity contribution in [3.63, 3.8) is 0 Å². The zero-order valence-electron chi connectivity index (χ0n) is 12.1. The number of aromatic nitrogens is 4. The van der Waals surface area contributed by atoms with Gasteiger partial charge in [0.05, 0.1) is 5.69 Å². The molecule has 0 radical (unpaired) electrons. The second-order valence-electron chi connectivity index (χ2n) is 4.85. The first-order chi connectivity index (χ1) is 11.0. The molecular weight excluding hydrogens is 292 g/mol. The molecule has 0 saturated heterocycles. The van der Waals surface area contributed by atoms with Gasteiger partial charge in [-0.15, -0.1) is 15.0 Å². The summed E-state index contributed by atoms with van der Waals surface area (Å²) in [5.74, 6) is 0.490. The Labute approximate surface area is 131 Å². The third kappa shape index (κ3) is 2.91. The molecule has 0 aliphatic carbocycles.